The monoisotopic (exact) mass is 281 g/mol. The fourth-order valence-corrected chi connectivity index (χ4v) is 2.70. The average Bonchev–Trinajstić information content (AvgIpc) is 2.91. The third kappa shape index (κ3) is 2.83. The molecule has 3 unspecified atom stereocenters. The molecule has 0 amide bonds. The van der Waals surface area contributed by atoms with Crippen molar-refractivity contribution >= 4 is 0 Å². The van der Waals surface area contributed by atoms with Crippen LogP contribution >= 0.6 is 0 Å². The van der Waals surface area contributed by atoms with Crippen molar-refractivity contribution in [2.75, 3.05) is 27.9 Å². The van der Waals surface area contributed by atoms with Gasteiger partial charge in [-0.1, -0.05) is 0 Å². The van der Waals surface area contributed by atoms with Gasteiger partial charge >= 0.3 is 0 Å². The topological polar surface area (TPSA) is 62.9 Å². The molecule has 0 aromatic heterocycles. The molecule has 2 rings (SSSR count). The molecule has 0 spiro atoms. The maximum atomic E-state index is 6.43. The van der Waals surface area contributed by atoms with Gasteiger partial charge in [-0.05, 0) is 13.3 Å². The van der Waals surface area contributed by atoms with E-state index in [4.69, 9.17) is 24.7 Å². The second kappa shape index (κ2) is 6.33. The molecular weight excluding hydrogens is 258 g/mol. The summed E-state index contributed by atoms with van der Waals surface area (Å²) in [5.74, 6) is 2.33. The lowest BCUT2D eigenvalue weighted by Crippen LogP contribution is -2.23. The molecule has 1 saturated heterocycles. The molecule has 1 heterocycles. The highest BCUT2D eigenvalue weighted by molar-refractivity contribution is 5.52. The van der Waals surface area contributed by atoms with E-state index in [9.17, 15) is 0 Å². The SMILES string of the molecule is COc1cc(OC)c(C(N)C2COC(C)C2)c(OC)c1. The highest BCUT2D eigenvalue weighted by atomic mass is 16.5. The summed E-state index contributed by atoms with van der Waals surface area (Å²) in [7, 11) is 4.86. The van der Waals surface area contributed by atoms with Gasteiger partial charge in [-0.15, -0.1) is 0 Å². The number of rotatable bonds is 5. The van der Waals surface area contributed by atoms with Gasteiger partial charge in [-0.3, -0.25) is 0 Å². The third-order valence-electron chi connectivity index (χ3n) is 3.82. The first-order chi connectivity index (χ1) is 9.60. The molecule has 1 aliphatic heterocycles. The van der Waals surface area contributed by atoms with Gasteiger partial charge in [0.2, 0.25) is 0 Å². The number of hydrogen-bond acceptors (Lipinski definition) is 5. The van der Waals surface area contributed by atoms with Gasteiger partial charge in [0.15, 0.2) is 0 Å². The zero-order chi connectivity index (χ0) is 14.7. The van der Waals surface area contributed by atoms with E-state index in [0.717, 1.165) is 12.0 Å². The van der Waals surface area contributed by atoms with E-state index in [2.05, 4.69) is 6.92 Å². The first kappa shape index (κ1) is 14.9. The Kier molecular flexibility index (Phi) is 4.73. The molecule has 1 fully saturated rings. The number of ether oxygens (including phenoxy) is 4. The van der Waals surface area contributed by atoms with E-state index in [1.165, 1.54) is 0 Å². The number of methoxy groups -OCH3 is 3. The number of hydrogen-bond donors (Lipinski definition) is 1. The largest absolute Gasteiger partial charge is 0.496 e. The van der Waals surface area contributed by atoms with Crippen molar-refractivity contribution < 1.29 is 18.9 Å². The molecule has 0 saturated carbocycles. The van der Waals surface area contributed by atoms with Gasteiger partial charge in [-0.25, -0.2) is 0 Å². The van der Waals surface area contributed by atoms with E-state index < -0.39 is 0 Å². The Morgan fingerprint density at radius 3 is 2.15 bits per heavy atom. The zero-order valence-corrected chi connectivity index (χ0v) is 12.5. The van der Waals surface area contributed by atoms with Crippen molar-refractivity contribution in [3.8, 4) is 17.2 Å². The minimum atomic E-state index is -0.184. The third-order valence-corrected chi connectivity index (χ3v) is 3.82. The Labute approximate surface area is 120 Å². The Balaban J connectivity index is 2.38. The summed E-state index contributed by atoms with van der Waals surface area (Å²) in [6.45, 7) is 2.73. The van der Waals surface area contributed by atoms with Gasteiger partial charge < -0.3 is 24.7 Å². The molecule has 1 aromatic rings. The lowest BCUT2D eigenvalue weighted by molar-refractivity contribution is 0.118. The summed E-state index contributed by atoms with van der Waals surface area (Å²) < 4.78 is 21.8. The van der Waals surface area contributed by atoms with Crippen LogP contribution in [0.5, 0.6) is 17.2 Å². The van der Waals surface area contributed by atoms with Gasteiger partial charge in [0.05, 0.1) is 39.6 Å². The molecule has 2 N–H and O–H groups in total. The molecule has 1 aliphatic rings. The summed E-state index contributed by atoms with van der Waals surface area (Å²) >= 11 is 0. The van der Waals surface area contributed by atoms with Gasteiger partial charge in [-0.2, -0.15) is 0 Å². The molecule has 5 nitrogen and oxygen atoms in total. The van der Waals surface area contributed by atoms with Crippen LogP contribution in [0.1, 0.15) is 24.9 Å². The number of benzene rings is 1. The summed E-state index contributed by atoms with van der Waals surface area (Å²) in [6, 6.07) is 3.48. The summed E-state index contributed by atoms with van der Waals surface area (Å²) in [5.41, 5.74) is 7.30. The molecule has 20 heavy (non-hydrogen) atoms. The predicted octanol–water partition coefficient (Wildman–Crippen LogP) is 2.14. The zero-order valence-electron chi connectivity index (χ0n) is 12.5. The fraction of sp³-hybridized carbons (Fsp3) is 0.600. The second-order valence-electron chi connectivity index (χ2n) is 5.11. The molecule has 0 bridgehead atoms. The first-order valence-electron chi connectivity index (χ1n) is 6.77. The molecule has 112 valence electrons. The van der Waals surface area contributed by atoms with Crippen molar-refractivity contribution in [3.63, 3.8) is 0 Å². The summed E-state index contributed by atoms with van der Waals surface area (Å²) in [5, 5.41) is 0. The first-order valence-corrected chi connectivity index (χ1v) is 6.77. The van der Waals surface area contributed by atoms with Crippen LogP contribution in [-0.4, -0.2) is 34.0 Å². The van der Waals surface area contributed by atoms with Crippen molar-refractivity contribution in [2.45, 2.75) is 25.5 Å². The average molecular weight is 281 g/mol. The Morgan fingerprint density at radius 1 is 1.15 bits per heavy atom. The quantitative estimate of drug-likeness (QED) is 0.896. The Hall–Kier alpha value is -1.46. The highest BCUT2D eigenvalue weighted by Crippen LogP contribution is 2.42. The smallest absolute Gasteiger partial charge is 0.131 e. The lowest BCUT2D eigenvalue weighted by atomic mass is 9.90. The normalized spacial score (nSPS) is 23.4. The van der Waals surface area contributed by atoms with Gasteiger partial charge in [0.25, 0.3) is 0 Å². The van der Waals surface area contributed by atoms with Crippen LogP contribution in [0.3, 0.4) is 0 Å². The van der Waals surface area contributed by atoms with E-state index in [1.807, 2.05) is 12.1 Å². The van der Waals surface area contributed by atoms with Crippen molar-refractivity contribution in [2.24, 2.45) is 11.7 Å². The Bertz CT molecular complexity index is 438. The van der Waals surface area contributed by atoms with Crippen molar-refractivity contribution in [1.82, 2.24) is 0 Å². The minimum Gasteiger partial charge on any atom is -0.496 e. The fourth-order valence-electron chi connectivity index (χ4n) is 2.70. The molecule has 5 heteroatoms. The van der Waals surface area contributed by atoms with E-state index in [1.54, 1.807) is 21.3 Å². The second-order valence-corrected chi connectivity index (χ2v) is 5.11. The highest BCUT2D eigenvalue weighted by Gasteiger charge is 2.32. The van der Waals surface area contributed by atoms with Crippen molar-refractivity contribution in [1.29, 1.82) is 0 Å². The molecule has 0 radical (unpaired) electrons. The molecule has 3 atom stereocenters. The van der Waals surface area contributed by atoms with E-state index in [-0.39, 0.29) is 18.1 Å². The summed E-state index contributed by atoms with van der Waals surface area (Å²) in [4.78, 5) is 0. The van der Waals surface area contributed by atoms with Gasteiger partial charge in [0, 0.05) is 24.1 Å². The standard InChI is InChI=1S/C15H23NO4/c1-9-5-10(8-20-9)15(16)14-12(18-3)6-11(17-2)7-13(14)19-4/h6-7,9-10,15H,5,8,16H2,1-4H3. The van der Waals surface area contributed by atoms with E-state index in [0.29, 0.717) is 23.9 Å². The van der Waals surface area contributed by atoms with Crippen LogP contribution in [-0.2, 0) is 4.74 Å². The molecule has 0 aliphatic carbocycles. The maximum Gasteiger partial charge on any atom is 0.131 e. The van der Waals surface area contributed by atoms with Crippen molar-refractivity contribution in [3.05, 3.63) is 17.7 Å². The van der Waals surface area contributed by atoms with Gasteiger partial charge in [0.1, 0.15) is 17.2 Å². The summed E-state index contributed by atoms with van der Waals surface area (Å²) in [6.07, 6.45) is 1.20. The van der Waals surface area contributed by atoms with E-state index >= 15 is 0 Å². The van der Waals surface area contributed by atoms with Crippen LogP contribution < -0.4 is 19.9 Å². The minimum absolute atomic E-state index is 0.184. The van der Waals surface area contributed by atoms with Crippen LogP contribution in [0.4, 0.5) is 0 Å². The number of nitrogens with two attached hydrogens (primary N) is 1. The Morgan fingerprint density at radius 2 is 1.75 bits per heavy atom. The van der Waals surface area contributed by atoms with Crippen LogP contribution in [0.25, 0.3) is 0 Å². The van der Waals surface area contributed by atoms with Crippen LogP contribution in [0.15, 0.2) is 12.1 Å². The molecular formula is C15H23NO4. The lowest BCUT2D eigenvalue weighted by Gasteiger charge is -2.23. The van der Waals surface area contributed by atoms with Crippen LogP contribution in [0, 0.1) is 5.92 Å². The maximum absolute atomic E-state index is 6.43. The molecule has 1 aromatic carbocycles. The van der Waals surface area contributed by atoms with Crippen LogP contribution in [0.2, 0.25) is 0 Å². The predicted molar refractivity (Wildman–Crippen MR) is 76.5 cm³/mol.